The second-order valence-corrected chi connectivity index (χ2v) is 5.27. The van der Waals surface area contributed by atoms with Crippen LogP contribution in [0.4, 0.5) is 4.79 Å². The molecular weight excluding hydrogens is 236 g/mol. The summed E-state index contributed by atoms with van der Waals surface area (Å²) < 4.78 is 5.10. The van der Waals surface area contributed by atoms with Crippen LogP contribution in [0.5, 0.6) is 0 Å². The van der Waals surface area contributed by atoms with Gasteiger partial charge in [0.2, 0.25) is 0 Å². The van der Waals surface area contributed by atoms with Gasteiger partial charge in [-0.25, -0.2) is 10.3 Å². The van der Waals surface area contributed by atoms with Crippen molar-refractivity contribution >= 4 is 12.0 Å². The van der Waals surface area contributed by atoms with E-state index in [-0.39, 0.29) is 5.92 Å². The maximum Gasteiger partial charge on any atom is 0.408 e. The molecule has 6 nitrogen and oxygen atoms in total. The van der Waals surface area contributed by atoms with Crippen molar-refractivity contribution in [1.82, 2.24) is 10.8 Å². The Morgan fingerprint density at radius 1 is 1.22 bits per heavy atom. The van der Waals surface area contributed by atoms with Gasteiger partial charge in [-0.2, -0.15) is 0 Å². The highest BCUT2D eigenvalue weighted by molar-refractivity contribution is 5.85. The largest absolute Gasteiger partial charge is 0.444 e. The fraction of sp³-hybridized carbons (Fsp3) is 0.833. The zero-order valence-corrected chi connectivity index (χ0v) is 12.0. The lowest BCUT2D eigenvalue weighted by Crippen LogP contribution is -2.50. The van der Waals surface area contributed by atoms with Crippen molar-refractivity contribution in [2.45, 2.75) is 53.2 Å². The molecule has 2 amide bonds. The number of rotatable bonds is 5. The summed E-state index contributed by atoms with van der Waals surface area (Å²) in [6.45, 7) is 11.1. The molecule has 0 aliphatic heterocycles. The average molecular weight is 260 g/mol. The van der Waals surface area contributed by atoms with Crippen LogP contribution in [-0.2, 0) is 14.4 Å². The van der Waals surface area contributed by atoms with E-state index in [1.54, 1.807) is 27.7 Å². The highest BCUT2D eigenvalue weighted by atomic mass is 16.6. The van der Waals surface area contributed by atoms with Gasteiger partial charge in [-0.3, -0.25) is 9.63 Å². The topological polar surface area (TPSA) is 76.7 Å². The molecule has 2 N–H and O–H groups in total. The van der Waals surface area contributed by atoms with Crippen LogP contribution in [0.25, 0.3) is 0 Å². The van der Waals surface area contributed by atoms with Crippen LogP contribution in [0.3, 0.4) is 0 Å². The normalized spacial score (nSPS) is 13.1. The number of ether oxygens (including phenoxy) is 1. The minimum atomic E-state index is -0.689. The molecule has 18 heavy (non-hydrogen) atoms. The van der Waals surface area contributed by atoms with E-state index in [0.717, 1.165) is 0 Å². The predicted molar refractivity (Wildman–Crippen MR) is 67.8 cm³/mol. The summed E-state index contributed by atoms with van der Waals surface area (Å²) in [7, 11) is 0. The monoisotopic (exact) mass is 260 g/mol. The Hall–Kier alpha value is -1.30. The molecule has 1 unspecified atom stereocenters. The SMILES string of the molecule is CCONC(=O)C(NC(=O)OC(C)(C)C)C(C)C. The number of carbonyl (C=O) groups excluding carboxylic acids is 2. The van der Waals surface area contributed by atoms with Gasteiger partial charge in [-0.15, -0.1) is 0 Å². The summed E-state index contributed by atoms with van der Waals surface area (Å²) >= 11 is 0. The summed E-state index contributed by atoms with van der Waals surface area (Å²) in [6.07, 6.45) is -0.618. The van der Waals surface area contributed by atoms with Crippen LogP contribution in [0.15, 0.2) is 0 Å². The third-order valence-corrected chi connectivity index (χ3v) is 1.94. The van der Waals surface area contributed by atoms with Gasteiger partial charge >= 0.3 is 6.09 Å². The van der Waals surface area contributed by atoms with Gasteiger partial charge in [-0.1, -0.05) is 13.8 Å². The zero-order valence-electron chi connectivity index (χ0n) is 12.0. The third kappa shape index (κ3) is 7.11. The summed E-state index contributed by atoms with van der Waals surface area (Å²) in [4.78, 5) is 28.2. The average Bonchev–Trinajstić information content (AvgIpc) is 2.19. The maximum absolute atomic E-state index is 11.7. The summed E-state index contributed by atoms with van der Waals surface area (Å²) in [5.74, 6) is -0.462. The number of hydrogen-bond acceptors (Lipinski definition) is 4. The van der Waals surface area contributed by atoms with Gasteiger partial charge < -0.3 is 10.1 Å². The number of carbonyl (C=O) groups is 2. The van der Waals surface area contributed by atoms with Crippen molar-refractivity contribution in [2.24, 2.45) is 5.92 Å². The molecule has 0 spiro atoms. The smallest absolute Gasteiger partial charge is 0.408 e. The molecular formula is C12H24N2O4. The van der Waals surface area contributed by atoms with Gasteiger partial charge in [0, 0.05) is 0 Å². The van der Waals surface area contributed by atoms with Crippen LogP contribution in [-0.4, -0.2) is 30.3 Å². The van der Waals surface area contributed by atoms with Crippen molar-refractivity contribution in [3.8, 4) is 0 Å². The first kappa shape index (κ1) is 16.7. The number of amides is 2. The van der Waals surface area contributed by atoms with Crippen LogP contribution < -0.4 is 10.8 Å². The molecule has 1 atom stereocenters. The summed E-state index contributed by atoms with van der Waals surface area (Å²) in [5.41, 5.74) is 1.68. The summed E-state index contributed by atoms with van der Waals surface area (Å²) in [5, 5.41) is 2.53. The van der Waals surface area contributed by atoms with Crippen molar-refractivity contribution in [3.05, 3.63) is 0 Å². The van der Waals surface area contributed by atoms with E-state index in [4.69, 9.17) is 9.57 Å². The lowest BCUT2D eigenvalue weighted by atomic mass is 10.0. The Balaban J connectivity index is 4.45. The first-order valence-electron chi connectivity index (χ1n) is 6.08. The van der Waals surface area contributed by atoms with Gasteiger partial charge in [0.1, 0.15) is 11.6 Å². The molecule has 0 bridgehead atoms. The van der Waals surface area contributed by atoms with Crippen LogP contribution in [0.2, 0.25) is 0 Å². The van der Waals surface area contributed by atoms with Gasteiger partial charge in [0.25, 0.3) is 5.91 Å². The summed E-state index contributed by atoms with van der Waals surface area (Å²) in [6, 6.07) is -0.689. The molecule has 0 saturated heterocycles. The molecule has 0 heterocycles. The van der Waals surface area contributed by atoms with Crippen molar-refractivity contribution < 1.29 is 19.2 Å². The van der Waals surface area contributed by atoms with Gasteiger partial charge in [0.05, 0.1) is 6.61 Å². The van der Waals surface area contributed by atoms with E-state index in [9.17, 15) is 9.59 Å². The molecule has 0 aromatic heterocycles. The highest BCUT2D eigenvalue weighted by Crippen LogP contribution is 2.08. The van der Waals surface area contributed by atoms with Gasteiger partial charge in [-0.05, 0) is 33.6 Å². The number of alkyl carbamates (subject to hydrolysis) is 1. The first-order chi connectivity index (χ1) is 8.17. The van der Waals surface area contributed by atoms with Crippen molar-refractivity contribution in [1.29, 1.82) is 0 Å². The van der Waals surface area contributed by atoms with Crippen LogP contribution in [0, 0.1) is 5.92 Å². The molecule has 0 aliphatic carbocycles. The van der Waals surface area contributed by atoms with E-state index in [0.29, 0.717) is 6.61 Å². The minimum absolute atomic E-state index is 0.0713. The lowest BCUT2D eigenvalue weighted by Gasteiger charge is -2.24. The molecule has 0 aliphatic rings. The fourth-order valence-electron chi connectivity index (χ4n) is 1.18. The third-order valence-electron chi connectivity index (χ3n) is 1.94. The Kier molecular flexibility index (Phi) is 6.68. The van der Waals surface area contributed by atoms with E-state index in [2.05, 4.69) is 10.8 Å². The van der Waals surface area contributed by atoms with E-state index in [1.807, 2.05) is 13.8 Å². The van der Waals surface area contributed by atoms with Crippen molar-refractivity contribution in [2.75, 3.05) is 6.61 Å². The molecule has 0 aromatic rings. The maximum atomic E-state index is 11.7. The van der Waals surface area contributed by atoms with Gasteiger partial charge in [0.15, 0.2) is 0 Å². The van der Waals surface area contributed by atoms with E-state index in [1.165, 1.54) is 0 Å². The Bertz CT molecular complexity index is 284. The number of nitrogens with one attached hydrogen (secondary N) is 2. The predicted octanol–water partition coefficient (Wildman–Crippen LogP) is 1.60. The molecule has 0 rings (SSSR count). The molecule has 0 radical (unpaired) electrons. The standard InChI is InChI=1S/C12H24N2O4/c1-7-17-14-10(15)9(8(2)3)13-11(16)18-12(4,5)6/h8-9H,7H2,1-6H3,(H,13,16)(H,14,15). The Morgan fingerprint density at radius 2 is 1.78 bits per heavy atom. The van der Waals surface area contributed by atoms with Crippen LogP contribution >= 0.6 is 0 Å². The van der Waals surface area contributed by atoms with E-state index >= 15 is 0 Å². The number of hydrogen-bond donors (Lipinski definition) is 2. The lowest BCUT2D eigenvalue weighted by molar-refractivity contribution is -0.136. The molecule has 0 aromatic carbocycles. The van der Waals surface area contributed by atoms with E-state index < -0.39 is 23.6 Å². The number of hydroxylamine groups is 1. The molecule has 0 saturated carbocycles. The quantitative estimate of drug-likeness (QED) is 0.736. The minimum Gasteiger partial charge on any atom is -0.444 e. The molecule has 0 fully saturated rings. The first-order valence-corrected chi connectivity index (χ1v) is 6.08. The van der Waals surface area contributed by atoms with Crippen molar-refractivity contribution in [3.63, 3.8) is 0 Å². The second kappa shape index (κ2) is 7.20. The Labute approximate surface area is 108 Å². The Morgan fingerprint density at radius 3 is 2.17 bits per heavy atom. The fourth-order valence-corrected chi connectivity index (χ4v) is 1.18. The second-order valence-electron chi connectivity index (χ2n) is 5.27. The highest BCUT2D eigenvalue weighted by Gasteiger charge is 2.26. The molecule has 106 valence electrons. The molecule has 6 heteroatoms. The van der Waals surface area contributed by atoms with Crippen LogP contribution in [0.1, 0.15) is 41.5 Å². The zero-order chi connectivity index (χ0) is 14.3.